The molecule has 0 unspecified atom stereocenters. The molecule has 0 aliphatic carbocycles. The first-order chi connectivity index (χ1) is 12.6. The molecule has 3 aromatic rings. The molecule has 3 heterocycles. The first kappa shape index (κ1) is 16.5. The van der Waals surface area contributed by atoms with E-state index in [1.165, 1.54) is 6.08 Å². The van der Waals surface area contributed by atoms with E-state index in [4.69, 9.17) is 16.0 Å². The second-order valence-electron chi connectivity index (χ2n) is 5.37. The number of thioether (sulfide) groups is 1. The van der Waals surface area contributed by atoms with Crippen molar-refractivity contribution >= 4 is 51.6 Å². The SMILES string of the molecule is O=C1NC(=O)/C(=C/c2cc3cncc(C#Cc4cccc(Cl)c4)c3o2)S1. The Kier molecular flexibility index (Phi) is 4.25. The van der Waals surface area contributed by atoms with Gasteiger partial charge in [0, 0.05) is 34.4 Å². The number of pyridine rings is 1. The molecule has 2 amide bonds. The number of aromatic nitrogens is 1. The molecular formula is C19H9ClN2O3S. The molecular weight excluding hydrogens is 372 g/mol. The second-order valence-corrected chi connectivity index (χ2v) is 6.82. The lowest BCUT2D eigenvalue weighted by Gasteiger charge is -1.93. The lowest BCUT2D eigenvalue weighted by Crippen LogP contribution is -2.17. The van der Waals surface area contributed by atoms with E-state index in [1.807, 2.05) is 12.1 Å². The van der Waals surface area contributed by atoms with Crippen LogP contribution in [0.5, 0.6) is 0 Å². The van der Waals surface area contributed by atoms with Crippen molar-refractivity contribution in [1.29, 1.82) is 0 Å². The summed E-state index contributed by atoms with van der Waals surface area (Å²) in [6.07, 6.45) is 4.79. The van der Waals surface area contributed by atoms with Crippen LogP contribution in [0.15, 0.2) is 52.0 Å². The van der Waals surface area contributed by atoms with Crippen molar-refractivity contribution in [3.63, 3.8) is 0 Å². The summed E-state index contributed by atoms with van der Waals surface area (Å²) in [5.41, 5.74) is 1.96. The third kappa shape index (κ3) is 3.36. The van der Waals surface area contributed by atoms with Crippen LogP contribution < -0.4 is 5.32 Å². The summed E-state index contributed by atoms with van der Waals surface area (Å²) in [7, 11) is 0. The van der Waals surface area contributed by atoms with Gasteiger partial charge in [-0.3, -0.25) is 19.9 Å². The highest BCUT2D eigenvalue weighted by molar-refractivity contribution is 8.18. The molecule has 1 aromatic carbocycles. The van der Waals surface area contributed by atoms with Gasteiger partial charge in [0.1, 0.15) is 5.76 Å². The van der Waals surface area contributed by atoms with Crippen LogP contribution in [0.25, 0.3) is 17.0 Å². The minimum Gasteiger partial charge on any atom is -0.455 e. The number of rotatable bonds is 1. The van der Waals surface area contributed by atoms with Gasteiger partial charge in [-0.25, -0.2) is 0 Å². The predicted molar refractivity (Wildman–Crippen MR) is 101 cm³/mol. The van der Waals surface area contributed by atoms with Crippen molar-refractivity contribution in [2.45, 2.75) is 0 Å². The van der Waals surface area contributed by atoms with E-state index in [2.05, 4.69) is 22.1 Å². The highest BCUT2D eigenvalue weighted by atomic mass is 35.5. The molecule has 26 heavy (non-hydrogen) atoms. The average Bonchev–Trinajstić information content (AvgIpc) is 3.15. The summed E-state index contributed by atoms with van der Waals surface area (Å²) < 4.78 is 5.81. The number of carbonyl (C=O) groups is 2. The maximum absolute atomic E-state index is 11.6. The van der Waals surface area contributed by atoms with Crippen molar-refractivity contribution in [3.8, 4) is 11.8 Å². The fourth-order valence-electron chi connectivity index (χ4n) is 2.40. The van der Waals surface area contributed by atoms with Gasteiger partial charge in [0.2, 0.25) is 0 Å². The van der Waals surface area contributed by atoms with Gasteiger partial charge in [-0.2, -0.15) is 0 Å². The largest absolute Gasteiger partial charge is 0.455 e. The van der Waals surface area contributed by atoms with Gasteiger partial charge in [-0.1, -0.05) is 29.5 Å². The molecule has 0 spiro atoms. The molecule has 1 saturated heterocycles. The number of halogens is 1. The van der Waals surface area contributed by atoms with E-state index >= 15 is 0 Å². The summed E-state index contributed by atoms with van der Waals surface area (Å²) in [5, 5.41) is 3.18. The summed E-state index contributed by atoms with van der Waals surface area (Å²) >= 11 is 6.80. The van der Waals surface area contributed by atoms with Crippen LogP contribution in [-0.4, -0.2) is 16.1 Å². The van der Waals surface area contributed by atoms with Gasteiger partial charge in [0.05, 0.1) is 10.5 Å². The smallest absolute Gasteiger partial charge is 0.290 e. The number of furan rings is 1. The van der Waals surface area contributed by atoms with Gasteiger partial charge in [0.25, 0.3) is 11.1 Å². The fourth-order valence-corrected chi connectivity index (χ4v) is 3.25. The molecule has 1 fully saturated rings. The monoisotopic (exact) mass is 380 g/mol. The van der Waals surface area contributed by atoms with Crippen molar-refractivity contribution in [3.05, 3.63) is 69.5 Å². The van der Waals surface area contributed by atoms with Crippen molar-refractivity contribution in [1.82, 2.24) is 10.3 Å². The number of amides is 2. The third-order valence-electron chi connectivity index (χ3n) is 3.52. The molecule has 2 aromatic heterocycles. The topological polar surface area (TPSA) is 72.2 Å². The number of carbonyl (C=O) groups excluding carboxylic acids is 2. The Morgan fingerprint density at radius 2 is 2.08 bits per heavy atom. The van der Waals surface area contributed by atoms with Gasteiger partial charge < -0.3 is 4.42 Å². The molecule has 4 rings (SSSR count). The lowest BCUT2D eigenvalue weighted by molar-refractivity contribution is -0.115. The lowest BCUT2D eigenvalue weighted by atomic mass is 10.2. The predicted octanol–water partition coefficient (Wildman–Crippen LogP) is 4.20. The maximum Gasteiger partial charge on any atom is 0.290 e. The molecule has 1 aliphatic heterocycles. The van der Waals surface area contributed by atoms with E-state index < -0.39 is 11.1 Å². The number of hydrogen-bond donors (Lipinski definition) is 1. The number of benzene rings is 1. The Bertz CT molecular complexity index is 1150. The summed E-state index contributed by atoms with van der Waals surface area (Å²) in [5.74, 6) is 6.08. The minimum atomic E-state index is -0.431. The Labute approximate surface area is 157 Å². The van der Waals surface area contributed by atoms with Crippen LogP contribution in [0.4, 0.5) is 4.79 Å². The first-order valence-electron chi connectivity index (χ1n) is 7.48. The van der Waals surface area contributed by atoms with Crippen LogP contribution in [0.2, 0.25) is 5.02 Å². The van der Waals surface area contributed by atoms with Gasteiger partial charge in [-0.05, 0) is 36.0 Å². The first-order valence-corrected chi connectivity index (χ1v) is 8.68. The van der Waals surface area contributed by atoms with E-state index in [-0.39, 0.29) is 4.91 Å². The van der Waals surface area contributed by atoms with Crippen molar-refractivity contribution in [2.24, 2.45) is 0 Å². The molecule has 5 nitrogen and oxygen atoms in total. The molecule has 0 saturated carbocycles. The van der Waals surface area contributed by atoms with Crippen molar-refractivity contribution < 1.29 is 14.0 Å². The maximum atomic E-state index is 11.6. The zero-order chi connectivity index (χ0) is 18.1. The Morgan fingerprint density at radius 3 is 2.85 bits per heavy atom. The standard InChI is InChI=1S/C19H9ClN2O3S/c20-14-3-1-2-11(6-14)4-5-12-9-21-10-13-7-15(25-17(12)13)8-16-18(23)22-19(24)26-16/h1-3,6-10H,(H,22,23,24)/b16-8-. The van der Waals surface area contributed by atoms with Crippen molar-refractivity contribution in [2.75, 3.05) is 0 Å². The Balaban J connectivity index is 1.72. The van der Waals surface area contributed by atoms with Crippen LogP contribution in [0, 0.1) is 11.8 Å². The quantitative estimate of drug-likeness (QED) is 0.506. The second kappa shape index (κ2) is 6.71. The molecule has 7 heteroatoms. The molecule has 1 aliphatic rings. The van der Waals surface area contributed by atoms with Gasteiger partial charge in [-0.15, -0.1) is 0 Å². The van der Waals surface area contributed by atoms with Crippen LogP contribution >= 0.6 is 23.4 Å². The summed E-state index contributed by atoms with van der Waals surface area (Å²) in [4.78, 5) is 27.3. The molecule has 126 valence electrons. The van der Waals surface area contributed by atoms with E-state index in [0.717, 1.165) is 22.7 Å². The molecule has 0 atom stereocenters. The number of nitrogens with one attached hydrogen (secondary N) is 1. The zero-order valence-corrected chi connectivity index (χ0v) is 14.6. The van der Waals surface area contributed by atoms with Crippen LogP contribution in [0.3, 0.4) is 0 Å². The Morgan fingerprint density at radius 1 is 1.19 bits per heavy atom. The number of imide groups is 1. The molecule has 1 N–H and O–H groups in total. The van der Waals surface area contributed by atoms with Gasteiger partial charge in [0.15, 0.2) is 5.58 Å². The van der Waals surface area contributed by atoms with E-state index in [1.54, 1.807) is 30.6 Å². The van der Waals surface area contributed by atoms with E-state index in [9.17, 15) is 9.59 Å². The van der Waals surface area contributed by atoms with Crippen LogP contribution in [0.1, 0.15) is 16.9 Å². The minimum absolute atomic E-state index is 0.286. The molecule has 0 radical (unpaired) electrons. The summed E-state index contributed by atoms with van der Waals surface area (Å²) in [6.45, 7) is 0. The number of hydrogen-bond acceptors (Lipinski definition) is 5. The van der Waals surface area contributed by atoms with Crippen LogP contribution in [-0.2, 0) is 4.79 Å². The third-order valence-corrected chi connectivity index (χ3v) is 4.57. The highest BCUT2D eigenvalue weighted by Crippen LogP contribution is 2.28. The highest BCUT2D eigenvalue weighted by Gasteiger charge is 2.25. The van der Waals surface area contributed by atoms with Gasteiger partial charge >= 0.3 is 0 Å². The Hall–Kier alpha value is -3.01. The average molecular weight is 381 g/mol. The fraction of sp³-hybridized carbons (Fsp3) is 0. The molecule has 0 bridgehead atoms. The number of fused-ring (bicyclic) bond motifs is 1. The zero-order valence-electron chi connectivity index (χ0n) is 13.1. The normalized spacial score (nSPS) is 15.2. The summed E-state index contributed by atoms with van der Waals surface area (Å²) in [6, 6.07) is 8.98. The number of nitrogens with zero attached hydrogens (tertiary/aromatic N) is 1. The van der Waals surface area contributed by atoms with E-state index in [0.29, 0.717) is 21.9 Å².